The lowest BCUT2D eigenvalue weighted by molar-refractivity contribution is 0.157. The number of hydrogen-bond acceptors (Lipinski definition) is 4. The number of hydrogen-bond donors (Lipinski definition) is 1. The van der Waals surface area contributed by atoms with E-state index in [1.165, 1.54) is 0 Å². The van der Waals surface area contributed by atoms with Crippen LogP contribution >= 0.6 is 11.6 Å². The summed E-state index contributed by atoms with van der Waals surface area (Å²) in [7, 11) is 1.76. The molecule has 0 saturated carbocycles. The van der Waals surface area contributed by atoms with E-state index in [2.05, 4.69) is 17.1 Å². The van der Waals surface area contributed by atoms with Crippen molar-refractivity contribution >= 4 is 17.6 Å². The van der Waals surface area contributed by atoms with E-state index in [1.54, 1.807) is 7.11 Å². The molecule has 6 nitrogen and oxygen atoms in total. The molecule has 1 N–H and O–H groups in total. The summed E-state index contributed by atoms with van der Waals surface area (Å²) >= 11 is 6.38. The van der Waals surface area contributed by atoms with Crippen molar-refractivity contribution in [2.75, 3.05) is 46.6 Å². The molecule has 3 rings (SSSR count). The van der Waals surface area contributed by atoms with Gasteiger partial charge in [0.25, 0.3) is 0 Å². The van der Waals surface area contributed by atoms with Crippen LogP contribution in [0.1, 0.15) is 25.3 Å². The smallest absolute Gasteiger partial charge is 0.194 e. The summed E-state index contributed by atoms with van der Waals surface area (Å²) in [5.41, 5.74) is 1.02. The summed E-state index contributed by atoms with van der Waals surface area (Å²) in [5.74, 6) is 2.86. The molecule has 0 aliphatic carbocycles. The minimum atomic E-state index is 0.546. The van der Waals surface area contributed by atoms with Gasteiger partial charge in [-0.25, -0.2) is 4.99 Å². The number of aliphatic imine (C=N–C) groups is 1. The molecule has 1 fully saturated rings. The van der Waals surface area contributed by atoms with Gasteiger partial charge < -0.3 is 24.4 Å². The van der Waals surface area contributed by atoms with Crippen LogP contribution in [0.15, 0.2) is 17.1 Å². The van der Waals surface area contributed by atoms with Gasteiger partial charge in [-0.3, -0.25) is 0 Å². The zero-order valence-electron chi connectivity index (χ0n) is 15.6. The first-order chi connectivity index (χ1) is 12.7. The monoisotopic (exact) mass is 381 g/mol. The lowest BCUT2D eigenvalue weighted by atomic mass is 10.1. The minimum Gasteiger partial charge on any atom is -0.489 e. The predicted molar refractivity (Wildman–Crippen MR) is 103 cm³/mol. The molecule has 1 aromatic rings. The number of rotatable bonds is 5. The van der Waals surface area contributed by atoms with Crippen molar-refractivity contribution in [2.24, 2.45) is 10.9 Å². The van der Waals surface area contributed by atoms with Crippen molar-refractivity contribution in [3.63, 3.8) is 0 Å². The first kappa shape index (κ1) is 19.1. The van der Waals surface area contributed by atoms with Crippen LogP contribution in [0.2, 0.25) is 5.02 Å². The van der Waals surface area contributed by atoms with Gasteiger partial charge in [0.2, 0.25) is 0 Å². The van der Waals surface area contributed by atoms with E-state index in [4.69, 9.17) is 30.8 Å². The third kappa shape index (κ3) is 4.74. The third-order valence-corrected chi connectivity index (χ3v) is 4.88. The zero-order chi connectivity index (χ0) is 18.4. The molecule has 26 heavy (non-hydrogen) atoms. The summed E-state index contributed by atoms with van der Waals surface area (Å²) in [5, 5.41) is 3.97. The molecule has 1 unspecified atom stereocenters. The van der Waals surface area contributed by atoms with Crippen LogP contribution in [0.25, 0.3) is 0 Å². The molecule has 7 heteroatoms. The van der Waals surface area contributed by atoms with Crippen molar-refractivity contribution in [3.8, 4) is 11.5 Å². The first-order valence-electron chi connectivity index (χ1n) is 9.31. The molecule has 0 spiro atoms. The van der Waals surface area contributed by atoms with Gasteiger partial charge in [-0.2, -0.15) is 0 Å². The fourth-order valence-corrected chi connectivity index (χ4v) is 3.65. The number of guanidine groups is 1. The van der Waals surface area contributed by atoms with Crippen molar-refractivity contribution in [1.82, 2.24) is 10.2 Å². The molecule has 0 aromatic heterocycles. The Hall–Kier alpha value is -1.66. The maximum Gasteiger partial charge on any atom is 0.194 e. The predicted octanol–water partition coefficient (Wildman–Crippen LogP) is 2.94. The number of benzene rings is 1. The van der Waals surface area contributed by atoms with Crippen LogP contribution < -0.4 is 14.8 Å². The Kier molecular flexibility index (Phi) is 6.86. The summed E-state index contributed by atoms with van der Waals surface area (Å²) < 4.78 is 16.7. The average Bonchev–Trinajstić information content (AvgIpc) is 2.95. The van der Waals surface area contributed by atoms with Crippen LogP contribution in [0, 0.1) is 5.92 Å². The highest BCUT2D eigenvalue weighted by molar-refractivity contribution is 6.32. The Morgan fingerprint density at radius 1 is 1.38 bits per heavy atom. The fraction of sp³-hybridized carbons (Fsp3) is 0.632. The second-order valence-corrected chi connectivity index (χ2v) is 7.09. The summed E-state index contributed by atoms with van der Waals surface area (Å²) in [4.78, 5) is 7.11. The minimum absolute atomic E-state index is 0.546. The molecule has 1 atom stereocenters. The number of halogens is 1. The third-order valence-electron chi connectivity index (χ3n) is 4.60. The van der Waals surface area contributed by atoms with E-state index in [0.29, 0.717) is 42.2 Å². The fourth-order valence-electron chi connectivity index (χ4n) is 3.36. The van der Waals surface area contributed by atoms with Gasteiger partial charge in [-0.15, -0.1) is 0 Å². The summed E-state index contributed by atoms with van der Waals surface area (Å²) in [6.45, 7) is 7.52. The molecule has 2 aliphatic heterocycles. The van der Waals surface area contributed by atoms with Gasteiger partial charge >= 0.3 is 0 Å². The standard InChI is InChI=1S/C19H28ClN3O3/c1-3-21-19(23-6-5-14(12-23)13-24-2)22-11-15-9-16(20)18-17(10-15)25-7-4-8-26-18/h9-10,14H,3-8,11-13H2,1-2H3,(H,21,22). The SMILES string of the molecule is CCNC(=NCc1cc(Cl)c2c(c1)OCCCO2)N1CCC(COC)C1. The van der Waals surface area contributed by atoms with E-state index in [1.807, 2.05) is 12.1 Å². The van der Waals surface area contributed by atoms with E-state index in [-0.39, 0.29) is 0 Å². The van der Waals surface area contributed by atoms with E-state index in [9.17, 15) is 0 Å². The van der Waals surface area contributed by atoms with Gasteiger partial charge in [-0.1, -0.05) is 11.6 Å². The molecular formula is C19H28ClN3O3. The number of fused-ring (bicyclic) bond motifs is 1. The summed E-state index contributed by atoms with van der Waals surface area (Å²) in [6.07, 6.45) is 1.99. The molecule has 144 valence electrons. The lowest BCUT2D eigenvalue weighted by Crippen LogP contribution is -2.40. The number of ether oxygens (including phenoxy) is 3. The number of methoxy groups -OCH3 is 1. The summed E-state index contributed by atoms with van der Waals surface area (Å²) in [6, 6.07) is 3.90. The Bertz CT molecular complexity index is 639. The Balaban J connectivity index is 1.72. The topological polar surface area (TPSA) is 55.3 Å². The maximum atomic E-state index is 6.38. The van der Waals surface area contributed by atoms with E-state index in [0.717, 1.165) is 50.6 Å². The van der Waals surface area contributed by atoms with Gasteiger partial charge in [0, 0.05) is 39.1 Å². The molecule has 0 amide bonds. The normalized spacial score (nSPS) is 20.2. The number of nitrogens with zero attached hydrogens (tertiary/aromatic N) is 2. The highest BCUT2D eigenvalue weighted by atomic mass is 35.5. The van der Waals surface area contributed by atoms with Crippen LogP contribution in [-0.4, -0.2) is 57.4 Å². The molecular weight excluding hydrogens is 354 g/mol. The van der Waals surface area contributed by atoms with Crippen molar-refractivity contribution < 1.29 is 14.2 Å². The average molecular weight is 382 g/mol. The van der Waals surface area contributed by atoms with Gasteiger partial charge in [-0.05, 0) is 31.0 Å². The first-order valence-corrected chi connectivity index (χ1v) is 9.69. The van der Waals surface area contributed by atoms with Crippen LogP contribution in [0.4, 0.5) is 0 Å². The van der Waals surface area contributed by atoms with Crippen LogP contribution in [-0.2, 0) is 11.3 Å². The van der Waals surface area contributed by atoms with Crippen molar-refractivity contribution in [1.29, 1.82) is 0 Å². The number of nitrogens with one attached hydrogen (secondary N) is 1. The maximum absolute atomic E-state index is 6.38. The molecule has 0 bridgehead atoms. The molecule has 1 aromatic carbocycles. The molecule has 2 heterocycles. The Morgan fingerprint density at radius 2 is 2.23 bits per heavy atom. The lowest BCUT2D eigenvalue weighted by Gasteiger charge is -2.21. The van der Waals surface area contributed by atoms with Crippen LogP contribution in [0.3, 0.4) is 0 Å². The van der Waals surface area contributed by atoms with Gasteiger partial charge in [0.1, 0.15) is 0 Å². The highest BCUT2D eigenvalue weighted by Crippen LogP contribution is 2.38. The van der Waals surface area contributed by atoms with E-state index < -0.39 is 0 Å². The largest absolute Gasteiger partial charge is 0.489 e. The number of likely N-dealkylation sites (tertiary alicyclic amines) is 1. The highest BCUT2D eigenvalue weighted by Gasteiger charge is 2.24. The van der Waals surface area contributed by atoms with E-state index >= 15 is 0 Å². The Morgan fingerprint density at radius 3 is 3.04 bits per heavy atom. The zero-order valence-corrected chi connectivity index (χ0v) is 16.3. The van der Waals surface area contributed by atoms with Crippen molar-refractivity contribution in [3.05, 3.63) is 22.7 Å². The molecule has 1 saturated heterocycles. The Labute approximate surface area is 160 Å². The molecule has 0 radical (unpaired) electrons. The van der Waals surface area contributed by atoms with Gasteiger partial charge in [0.05, 0.1) is 31.4 Å². The molecule has 2 aliphatic rings. The van der Waals surface area contributed by atoms with Gasteiger partial charge in [0.15, 0.2) is 17.5 Å². The second-order valence-electron chi connectivity index (χ2n) is 6.68. The van der Waals surface area contributed by atoms with Crippen LogP contribution in [0.5, 0.6) is 11.5 Å². The second kappa shape index (κ2) is 9.33. The quantitative estimate of drug-likeness (QED) is 0.627. The van der Waals surface area contributed by atoms with Crippen molar-refractivity contribution in [2.45, 2.75) is 26.3 Å².